The predicted molar refractivity (Wildman–Crippen MR) is 105 cm³/mol. The van der Waals surface area contributed by atoms with E-state index in [0.29, 0.717) is 23.8 Å². The second-order valence-electron chi connectivity index (χ2n) is 6.43. The van der Waals surface area contributed by atoms with Gasteiger partial charge in [-0.1, -0.05) is 19.9 Å². The molecule has 2 aromatic heterocycles. The maximum Gasteiger partial charge on any atom is 0.256 e. The van der Waals surface area contributed by atoms with Gasteiger partial charge in [-0.05, 0) is 54.4 Å². The van der Waals surface area contributed by atoms with E-state index in [4.69, 9.17) is 4.74 Å². The summed E-state index contributed by atoms with van der Waals surface area (Å²) in [7, 11) is 0. The van der Waals surface area contributed by atoms with Crippen LogP contribution in [0.5, 0.6) is 11.6 Å². The molecular formula is C21H22N4O2. The number of nitrogens with zero attached hydrogens (tertiary/aromatic N) is 2. The smallest absolute Gasteiger partial charge is 0.256 e. The van der Waals surface area contributed by atoms with E-state index < -0.39 is 0 Å². The van der Waals surface area contributed by atoms with Gasteiger partial charge in [0.05, 0.1) is 0 Å². The Labute approximate surface area is 158 Å². The number of pyridine rings is 2. The minimum atomic E-state index is -0.194. The number of hydrogen-bond donors (Lipinski definition) is 2. The summed E-state index contributed by atoms with van der Waals surface area (Å²) in [5, 5.41) is 6.09. The lowest BCUT2D eigenvalue weighted by Gasteiger charge is -2.12. The van der Waals surface area contributed by atoms with Gasteiger partial charge in [-0.15, -0.1) is 0 Å². The summed E-state index contributed by atoms with van der Waals surface area (Å²) >= 11 is 0. The van der Waals surface area contributed by atoms with Gasteiger partial charge in [-0.25, -0.2) is 9.97 Å². The summed E-state index contributed by atoms with van der Waals surface area (Å²) in [6.45, 7) is 4.68. The molecule has 1 aromatic carbocycles. The van der Waals surface area contributed by atoms with Crippen molar-refractivity contribution in [2.24, 2.45) is 5.92 Å². The van der Waals surface area contributed by atoms with Crippen molar-refractivity contribution in [3.05, 3.63) is 72.6 Å². The van der Waals surface area contributed by atoms with Crippen LogP contribution >= 0.6 is 0 Å². The van der Waals surface area contributed by atoms with Crippen molar-refractivity contribution >= 4 is 17.4 Å². The SMILES string of the molecule is CC(C)CNC(=O)c1cccnc1Oc1ccc(Nc2ccccn2)cc1. The standard InChI is InChI=1S/C21H22N4O2/c1-15(2)14-24-20(26)18-6-5-13-23-21(18)27-17-10-8-16(9-11-17)25-19-7-3-4-12-22-19/h3-13,15H,14H2,1-2H3,(H,22,25)(H,24,26). The van der Waals surface area contributed by atoms with E-state index in [1.54, 1.807) is 24.5 Å². The quantitative estimate of drug-likeness (QED) is 0.651. The Morgan fingerprint density at radius 2 is 1.78 bits per heavy atom. The van der Waals surface area contributed by atoms with Crippen molar-refractivity contribution in [3.63, 3.8) is 0 Å². The van der Waals surface area contributed by atoms with Gasteiger partial charge in [-0.3, -0.25) is 4.79 Å². The minimum absolute atomic E-state index is 0.194. The van der Waals surface area contributed by atoms with Crippen LogP contribution < -0.4 is 15.4 Å². The summed E-state index contributed by atoms with van der Waals surface area (Å²) in [5.41, 5.74) is 1.30. The molecule has 0 saturated carbocycles. The number of hydrogen-bond acceptors (Lipinski definition) is 5. The normalized spacial score (nSPS) is 10.5. The van der Waals surface area contributed by atoms with Crippen molar-refractivity contribution in [2.45, 2.75) is 13.8 Å². The van der Waals surface area contributed by atoms with Gasteiger partial charge in [0.1, 0.15) is 17.1 Å². The highest BCUT2D eigenvalue weighted by atomic mass is 16.5. The molecule has 3 rings (SSSR count). The van der Waals surface area contributed by atoms with E-state index in [-0.39, 0.29) is 11.8 Å². The highest BCUT2D eigenvalue weighted by Crippen LogP contribution is 2.25. The first-order chi connectivity index (χ1) is 13.1. The van der Waals surface area contributed by atoms with Crippen LogP contribution in [0.2, 0.25) is 0 Å². The molecule has 6 heteroatoms. The number of rotatable bonds is 7. The summed E-state index contributed by atoms with van der Waals surface area (Å²) in [5.74, 6) is 1.82. The Morgan fingerprint density at radius 3 is 2.48 bits per heavy atom. The number of carbonyl (C=O) groups excluding carboxylic acids is 1. The lowest BCUT2D eigenvalue weighted by atomic mass is 10.2. The molecular weight excluding hydrogens is 340 g/mol. The first kappa shape index (κ1) is 18.4. The zero-order valence-corrected chi connectivity index (χ0v) is 15.3. The maximum atomic E-state index is 12.4. The zero-order valence-electron chi connectivity index (χ0n) is 15.3. The third kappa shape index (κ3) is 5.28. The lowest BCUT2D eigenvalue weighted by molar-refractivity contribution is 0.0946. The fourth-order valence-electron chi connectivity index (χ4n) is 2.34. The van der Waals surface area contributed by atoms with Crippen LogP contribution in [0.25, 0.3) is 0 Å². The Kier molecular flexibility index (Phi) is 5.99. The highest BCUT2D eigenvalue weighted by molar-refractivity contribution is 5.96. The van der Waals surface area contributed by atoms with Crippen molar-refractivity contribution in [1.29, 1.82) is 0 Å². The molecule has 0 aliphatic rings. The molecule has 0 aliphatic heterocycles. The van der Waals surface area contributed by atoms with Crippen molar-refractivity contribution in [2.75, 3.05) is 11.9 Å². The molecule has 1 amide bonds. The van der Waals surface area contributed by atoms with Crippen LogP contribution in [0.1, 0.15) is 24.2 Å². The molecule has 2 heterocycles. The molecule has 2 N–H and O–H groups in total. The van der Waals surface area contributed by atoms with E-state index in [1.807, 2.05) is 56.3 Å². The number of benzene rings is 1. The number of amides is 1. The summed E-state index contributed by atoms with van der Waals surface area (Å²) < 4.78 is 5.83. The first-order valence-electron chi connectivity index (χ1n) is 8.81. The fraction of sp³-hybridized carbons (Fsp3) is 0.190. The van der Waals surface area contributed by atoms with Gasteiger partial charge >= 0.3 is 0 Å². The Balaban J connectivity index is 1.69. The topological polar surface area (TPSA) is 76.1 Å². The van der Waals surface area contributed by atoms with E-state index in [2.05, 4.69) is 20.6 Å². The maximum absolute atomic E-state index is 12.4. The number of nitrogens with one attached hydrogen (secondary N) is 2. The molecule has 6 nitrogen and oxygen atoms in total. The fourth-order valence-corrected chi connectivity index (χ4v) is 2.34. The third-order valence-corrected chi connectivity index (χ3v) is 3.69. The molecule has 0 radical (unpaired) electrons. The molecule has 3 aromatic rings. The van der Waals surface area contributed by atoms with Crippen LogP contribution in [0.3, 0.4) is 0 Å². The summed E-state index contributed by atoms with van der Waals surface area (Å²) in [6, 6.07) is 16.5. The van der Waals surface area contributed by atoms with Gasteiger partial charge in [0.15, 0.2) is 0 Å². The molecule has 138 valence electrons. The van der Waals surface area contributed by atoms with Gasteiger partial charge in [0.25, 0.3) is 5.91 Å². The van der Waals surface area contributed by atoms with E-state index in [0.717, 1.165) is 11.5 Å². The average molecular weight is 362 g/mol. The van der Waals surface area contributed by atoms with Gasteiger partial charge in [0, 0.05) is 24.6 Å². The first-order valence-corrected chi connectivity index (χ1v) is 8.81. The lowest BCUT2D eigenvalue weighted by Crippen LogP contribution is -2.27. The molecule has 0 fully saturated rings. The van der Waals surface area contributed by atoms with Crippen molar-refractivity contribution in [3.8, 4) is 11.6 Å². The van der Waals surface area contributed by atoms with Crippen LogP contribution in [0, 0.1) is 5.92 Å². The predicted octanol–water partition coefficient (Wildman–Crippen LogP) is 4.40. The average Bonchev–Trinajstić information content (AvgIpc) is 2.69. The Hall–Kier alpha value is -3.41. The summed E-state index contributed by atoms with van der Waals surface area (Å²) in [6.07, 6.45) is 3.33. The van der Waals surface area contributed by atoms with Gasteiger partial charge < -0.3 is 15.4 Å². The van der Waals surface area contributed by atoms with E-state index in [1.165, 1.54) is 0 Å². The molecule has 0 atom stereocenters. The highest BCUT2D eigenvalue weighted by Gasteiger charge is 2.14. The van der Waals surface area contributed by atoms with Crippen molar-refractivity contribution in [1.82, 2.24) is 15.3 Å². The minimum Gasteiger partial charge on any atom is -0.438 e. The monoisotopic (exact) mass is 362 g/mol. The number of anilines is 2. The van der Waals surface area contributed by atoms with E-state index >= 15 is 0 Å². The van der Waals surface area contributed by atoms with Gasteiger partial charge in [-0.2, -0.15) is 0 Å². The summed E-state index contributed by atoms with van der Waals surface area (Å²) in [4.78, 5) is 20.8. The van der Waals surface area contributed by atoms with Crippen LogP contribution in [0.4, 0.5) is 11.5 Å². The molecule has 27 heavy (non-hydrogen) atoms. The van der Waals surface area contributed by atoms with Gasteiger partial charge in [0.2, 0.25) is 5.88 Å². The second-order valence-corrected chi connectivity index (χ2v) is 6.43. The number of ether oxygens (including phenoxy) is 1. The molecule has 0 bridgehead atoms. The largest absolute Gasteiger partial charge is 0.438 e. The molecule has 0 spiro atoms. The van der Waals surface area contributed by atoms with E-state index in [9.17, 15) is 4.79 Å². The molecule has 0 aliphatic carbocycles. The third-order valence-electron chi connectivity index (χ3n) is 3.69. The van der Waals surface area contributed by atoms with Crippen molar-refractivity contribution < 1.29 is 9.53 Å². The molecule has 0 unspecified atom stereocenters. The van der Waals surface area contributed by atoms with Crippen LogP contribution in [0.15, 0.2) is 67.0 Å². The Bertz CT molecular complexity index is 880. The number of carbonyl (C=O) groups is 1. The molecule has 0 saturated heterocycles. The van der Waals surface area contributed by atoms with Crippen LogP contribution in [-0.4, -0.2) is 22.4 Å². The number of aromatic nitrogens is 2. The zero-order chi connectivity index (χ0) is 19.1. The second kappa shape index (κ2) is 8.80. The Morgan fingerprint density at radius 1 is 1.00 bits per heavy atom. The van der Waals surface area contributed by atoms with Crippen LogP contribution in [-0.2, 0) is 0 Å².